The van der Waals surface area contributed by atoms with Crippen LogP contribution in [0.25, 0.3) is 0 Å². The van der Waals surface area contributed by atoms with E-state index in [0.29, 0.717) is 0 Å². The lowest BCUT2D eigenvalue weighted by molar-refractivity contribution is 0.415. The smallest absolute Gasteiger partial charge is 0.118 e. The summed E-state index contributed by atoms with van der Waals surface area (Å²) in [6, 6.07) is 9.68. The van der Waals surface area contributed by atoms with E-state index in [9.17, 15) is 0 Å². The van der Waals surface area contributed by atoms with Crippen molar-refractivity contribution in [2.45, 2.75) is 0 Å². The topological polar surface area (TPSA) is 9.23 Å². The van der Waals surface area contributed by atoms with Gasteiger partial charge in [0, 0.05) is 0 Å². The molecule has 0 bridgehead atoms. The molecular formula is C7H8O. The van der Waals surface area contributed by atoms with Gasteiger partial charge in [0.25, 0.3) is 0 Å². The zero-order chi connectivity index (χ0) is 5.82. The normalized spacial score (nSPS) is 8.62. The van der Waals surface area contributed by atoms with Gasteiger partial charge < -0.3 is 4.74 Å². The number of methoxy groups -OCH3 is 1. The van der Waals surface area contributed by atoms with Gasteiger partial charge in [0.1, 0.15) is 5.75 Å². The Bertz CT molecular complexity index is 146. The molecule has 0 spiro atoms. The van der Waals surface area contributed by atoms with Crippen molar-refractivity contribution in [3.63, 3.8) is 0 Å². The molecule has 0 saturated heterocycles. The van der Waals surface area contributed by atoms with E-state index < -0.39 is 0 Å². The van der Waals surface area contributed by atoms with Gasteiger partial charge in [0.15, 0.2) is 0 Å². The summed E-state index contributed by atoms with van der Waals surface area (Å²) in [5.41, 5.74) is 0. The van der Waals surface area contributed by atoms with Crippen LogP contribution in [-0.4, -0.2) is 7.11 Å². The molecule has 0 aromatic heterocycles. The lowest BCUT2D eigenvalue weighted by atomic mass is 10.5. The van der Waals surface area contributed by atoms with E-state index in [4.69, 9.17) is 4.74 Å². The number of ether oxygens (including phenoxy) is 1. The van der Waals surface area contributed by atoms with Crippen molar-refractivity contribution < 1.29 is 4.74 Å². The molecule has 0 atom stereocenters. The molecule has 0 heterocycles. The maximum Gasteiger partial charge on any atom is 0.118 e. The van der Waals surface area contributed by atoms with Crippen molar-refractivity contribution >= 4 is 0 Å². The standard InChI is InChI=1S/C7H8O/c1-8-7-5-3-2-4-6-7/h2-6H,1H3/i7+2. The predicted molar refractivity (Wildman–Crippen MR) is 33.0 cm³/mol. The molecule has 42 valence electrons. The van der Waals surface area contributed by atoms with E-state index in [1.165, 1.54) is 0 Å². The van der Waals surface area contributed by atoms with Gasteiger partial charge in [-0.1, -0.05) is 18.2 Å². The number of para-hydroxylation sites is 1. The van der Waals surface area contributed by atoms with E-state index in [0.717, 1.165) is 5.75 Å². The van der Waals surface area contributed by atoms with E-state index in [-0.39, 0.29) is 0 Å². The molecule has 0 amide bonds. The van der Waals surface area contributed by atoms with E-state index >= 15 is 0 Å². The molecule has 1 aromatic carbocycles. The Hall–Kier alpha value is -0.980. The Balaban J connectivity index is 2.83. The molecule has 0 N–H and O–H groups in total. The Morgan fingerprint density at radius 3 is 2.12 bits per heavy atom. The molecule has 1 rings (SSSR count). The van der Waals surface area contributed by atoms with Crippen molar-refractivity contribution in [2.75, 3.05) is 7.11 Å². The maximum absolute atomic E-state index is 4.91. The third-order valence-corrected chi connectivity index (χ3v) is 0.979. The summed E-state index contributed by atoms with van der Waals surface area (Å²) in [6.45, 7) is 0. The van der Waals surface area contributed by atoms with Crippen molar-refractivity contribution in [3.05, 3.63) is 30.3 Å². The van der Waals surface area contributed by atoms with Crippen LogP contribution < -0.4 is 4.74 Å². The lowest BCUT2D eigenvalue weighted by Gasteiger charge is -1.93. The Morgan fingerprint density at radius 2 is 1.75 bits per heavy atom. The minimum atomic E-state index is 0.910. The molecule has 1 heteroatoms. The number of hydrogen-bond acceptors (Lipinski definition) is 1. The van der Waals surface area contributed by atoms with E-state index in [1.807, 2.05) is 30.3 Å². The molecule has 0 aliphatic heterocycles. The molecule has 1 aromatic rings. The zero-order valence-electron chi connectivity index (χ0n) is 4.79. The molecule has 1 nitrogen and oxygen atoms in total. The van der Waals surface area contributed by atoms with Crippen LogP contribution in [0.15, 0.2) is 30.3 Å². The molecule has 0 aliphatic rings. The average molecular weight is 110 g/mol. The first-order chi connectivity index (χ1) is 3.93. The average Bonchev–Trinajstić information content (AvgIpc) is 1.90. The maximum atomic E-state index is 4.91. The highest BCUT2D eigenvalue weighted by atomic mass is 16.6. The quantitative estimate of drug-likeness (QED) is 0.534. The SMILES string of the molecule is CO[14c]1ccccc1. The number of benzene rings is 1. The van der Waals surface area contributed by atoms with Gasteiger partial charge in [-0.2, -0.15) is 0 Å². The van der Waals surface area contributed by atoms with Crippen LogP contribution in [0.1, 0.15) is 0 Å². The Kier molecular flexibility index (Phi) is 1.52. The van der Waals surface area contributed by atoms with Crippen LogP contribution in [0.5, 0.6) is 5.75 Å². The first-order valence-corrected chi connectivity index (χ1v) is 2.52. The van der Waals surface area contributed by atoms with Crippen LogP contribution in [0.3, 0.4) is 0 Å². The highest BCUT2D eigenvalue weighted by Gasteiger charge is 1.80. The summed E-state index contributed by atoms with van der Waals surface area (Å²) in [7, 11) is 1.66. The largest absolute Gasteiger partial charge is 0.497 e. The van der Waals surface area contributed by atoms with Crippen LogP contribution in [0.4, 0.5) is 0 Å². The molecule has 0 saturated carbocycles. The summed E-state index contributed by atoms with van der Waals surface area (Å²) in [5, 5.41) is 0. The second-order valence-corrected chi connectivity index (χ2v) is 1.52. The van der Waals surface area contributed by atoms with Gasteiger partial charge in [-0.3, -0.25) is 0 Å². The molecule has 8 heavy (non-hydrogen) atoms. The summed E-state index contributed by atoms with van der Waals surface area (Å²) in [5.74, 6) is 0.910. The zero-order valence-corrected chi connectivity index (χ0v) is 4.79. The van der Waals surface area contributed by atoms with Gasteiger partial charge in [-0.15, -0.1) is 0 Å². The van der Waals surface area contributed by atoms with Gasteiger partial charge in [0.05, 0.1) is 7.11 Å². The molecule has 0 radical (unpaired) electrons. The van der Waals surface area contributed by atoms with Crippen molar-refractivity contribution in [2.24, 2.45) is 0 Å². The molecule has 0 unspecified atom stereocenters. The van der Waals surface area contributed by atoms with Crippen molar-refractivity contribution in [1.82, 2.24) is 0 Å². The van der Waals surface area contributed by atoms with Crippen LogP contribution in [0, 0.1) is 0 Å². The summed E-state index contributed by atoms with van der Waals surface area (Å²) in [6.07, 6.45) is 0. The second-order valence-electron chi connectivity index (χ2n) is 1.52. The predicted octanol–water partition coefficient (Wildman–Crippen LogP) is 1.70. The first-order valence-electron chi connectivity index (χ1n) is 2.52. The molecular weight excluding hydrogens is 102 g/mol. The third kappa shape index (κ3) is 0.997. The first kappa shape index (κ1) is 5.16. The van der Waals surface area contributed by atoms with Crippen LogP contribution in [-0.2, 0) is 0 Å². The lowest BCUT2D eigenvalue weighted by Crippen LogP contribution is -1.78. The second kappa shape index (κ2) is 2.36. The number of hydrogen-bond donors (Lipinski definition) is 0. The monoisotopic (exact) mass is 110 g/mol. The van der Waals surface area contributed by atoms with Gasteiger partial charge >= 0.3 is 0 Å². The highest BCUT2D eigenvalue weighted by molar-refractivity contribution is 5.20. The van der Waals surface area contributed by atoms with Crippen molar-refractivity contribution in [1.29, 1.82) is 0 Å². The summed E-state index contributed by atoms with van der Waals surface area (Å²) < 4.78 is 4.91. The fourth-order valence-corrected chi connectivity index (χ4v) is 0.557. The minimum Gasteiger partial charge on any atom is -0.497 e. The highest BCUT2D eigenvalue weighted by Crippen LogP contribution is 2.05. The Labute approximate surface area is 48.9 Å². The van der Waals surface area contributed by atoms with Crippen LogP contribution in [0.2, 0.25) is 0 Å². The van der Waals surface area contributed by atoms with E-state index in [2.05, 4.69) is 0 Å². The van der Waals surface area contributed by atoms with Crippen LogP contribution >= 0.6 is 0 Å². The fraction of sp³-hybridized carbons (Fsp3) is 0.143. The van der Waals surface area contributed by atoms with Crippen molar-refractivity contribution in [3.8, 4) is 5.75 Å². The van der Waals surface area contributed by atoms with Gasteiger partial charge in [-0.05, 0) is 12.1 Å². The van der Waals surface area contributed by atoms with Gasteiger partial charge in [-0.25, -0.2) is 0 Å². The minimum absolute atomic E-state index is 0.910. The number of rotatable bonds is 1. The van der Waals surface area contributed by atoms with E-state index in [1.54, 1.807) is 7.11 Å². The van der Waals surface area contributed by atoms with Gasteiger partial charge in [0.2, 0.25) is 0 Å². The molecule has 0 fully saturated rings. The summed E-state index contributed by atoms with van der Waals surface area (Å²) in [4.78, 5) is 0. The fourth-order valence-electron chi connectivity index (χ4n) is 0.557. The molecule has 0 aliphatic carbocycles. The Morgan fingerprint density at radius 1 is 1.12 bits per heavy atom. The summed E-state index contributed by atoms with van der Waals surface area (Å²) >= 11 is 0. The third-order valence-electron chi connectivity index (χ3n) is 0.979.